The molecule has 30 heavy (non-hydrogen) atoms. The number of aryl methyl sites for hydroxylation is 2. The van der Waals surface area contributed by atoms with Gasteiger partial charge in [-0.2, -0.15) is 10.2 Å². The summed E-state index contributed by atoms with van der Waals surface area (Å²) >= 11 is 3.43. The van der Waals surface area contributed by atoms with Gasteiger partial charge in [-0.25, -0.2) is 0 Å². The molecular formula is C21H26BrN5O3. The van der Waals surface area contributed by atoms with E-state index in [4.69, 9.17) is 9.47 Å². The number of hydrogen-bond acceptors (Lipinski definition) is 5. The molecule has 1 amide bonds. The lowest BCUT2D eigenvalue weighted by Gasteiger charge is -2.13. The predicted molar refractivity (Wildman–Crippen MR) is 118 cm³/mol. The summed E-state index contributed by atoms with van der Waals surface area (Å²) in [5.41, 5.74) is 4.20. The van der Waals surface area contributed by atoms with E-state index in [1.165, 1.54) is 0 Å². The zero-order valence-corrected chi connectivity index (χ0v) is 19.6. The number of carbonyl (C=O) groups excluding carboxylic acids is 1. The van der Waals surface area contributed by atoms with Crippen LogP contribution in [-0.4, -0.2) is 39.7 Å². The van der Waals surface area contributed by atoms with Crippen LogP contribution in [-0.2, 0) is 11.3 Å². The van der Waals surface area contributed by atoms with E-state index in [-0.39, 0.29) is 5.91 Å². The molecule has 0 saturated carbocycles. The Hall–Kier alpha value is -2.81. The van der Waals surface area contributed by atoms with E-state index >= 15 is 0 Å². The summed E-state index contributed by atoms with van der Waals surface area (Å²) in [5.74, 6) is 1.19. The summed E-state index contributed by atoms with van der Waals surface area (Å²) in [4.78, 5) is 12.8. The number of benzene rings is 1. The zero-order valence-electron chi connectivity index (χ0n) is 18.0. The van der Waals surface area contributed by atoms with Crippen LogP contribution in [0.15, 0.2) is 28.9 Å². The predicted octanol–water partition coefficient (Wildman–Crippen LogP) is 4.03. The quantitative estimate of drug-likeness (QED) is 0.557. The van der Waals surface area contributed by atoms with Gasteiger partial charge in [0.05, 0.1) is 48.0 Å². The van der Waals surface area contributed by atoms with Crippen molar-refractivity contribution in [3.8, 4) is 11.5 Å². The van der Waals surface area contributed by atoms with E-state index in [9.17, 15) is 4.79 Å². The van der Waals surface area contributed by atoms with Crippen LogP contribution in [0, 0.1) is 20.8 Å². The lowest BCUT2D eigenvalue weighted by molar-refractivity contribution is -0.119. The number of aromatic nitrogens is 4. The molecule has 0 aliphatic rings. The third-order valence-electron chi connectivity index (χ3n) is 5.04. The van der Waals surface area contributed by atoms with E-state index in [2.05, 4.69) is 31.4 Å². The summed E-state index contributed by atoms with van der Waals surface area (Å²) < 4.78 is 15.1. The van der Waals surface area contributed by atoms with Gasteiger partial charge < -0.3 is 14.8 Å². The Morgan fingerprint density at radius 2 is 1.83 bits per heavy atom. The number of hydrogen-bond donors (Lipinski definition) is 1. The SMILES string of the molecule is COc1ccc(Cn2nc(C)c(NC(=O)C(C)n3cc(Br)c(C)n3)c2C)cc1OC. The number of anilines is 1. The van der Waals surface area contributed by atoms with Gasteiger partial charge in [0.25, 0.3) is 0 Å². The van der Waals surface area contributed by atoms with Crippen LogP contribution in [0.25, 0.3) is 0 Å². The molecule has 2 heterocycles. The summed E-state index contributed by atoms with van der Waals surface area (Å²) in [6.45, 7) is 8.07. The fraction of sp³-hybridized carbons (Fsp3) is 0.381. The van der Waals surface area contributed by atoms with Gasteiger partial charge >= 0.3 is 0 Å². The van der Waals surface area contributed by atoms with Crippen LogP contribution in [0.4, 0.5) is 5.69 Å². The van der Waals surface area contributed by atoms with Crippen molar-refractivity contribution in [3.05, 3.63) is 51.5 Å². The number of nitrogens with one attached hydrogen (secondary N) is 1. The first kappa shape index (κ1) is 21.9. The van der Waals surface area contributed by atoms with Crippen molar-refractivity contribution in [2.45, 2.75) is 40.3 Å². The number of methoxy groups -OCH3 is 2. The van der Waals surface area contributed by atoms with E-state index in [0.717, 1.165) is 32.8 Å². The number of carbonyl (C=O) groups is 1. The molecule has 3 rings (SSSR count). The average molecular weight is 476 g/mol. The molecule has 1 unspecified atom stereocenters. The maximum Gasteiger partial charge on any atom is 0.249 e. The molecule has 2 aromatic heterocycles. The lowest BCUT2D eigenvalue weighted by Crippen LogP contribution is -2.24. The normalized spacial score (nSPS) is 12.0. The smallest absolute Gasteiger partial charge is 0.249 e. The molecule has 160 valence electrons. The van der Waals surface area contributed by atoms with Crippen molar-refractivity contribution in [1.29, 1.82) is 0 Å². The molecule has 0 bridgehead atoms. The molecule has 3 aromatic rings. The molecule has 0 radical (unpaired) electrons. The van der Waals surface area contributed by atoms with Gasteiger partial charge in [-0.3, -0.25) is 14.2 Å². The fourth-order valence-electron chi connectivity index (χ4n) is 3.19. The van der Waals surface area contributed by atoms with Crippen molar-refractivity contribution in [1.82, 2.24) is 19.6 Å². The number of halogens is 1. The number of ether oxygens (including phenoxy) is 2. The van der Waals surface area contributed by atoms with Crippen LogP contribution in [0.2, 0.25) is 0 Å². The standard InChI is InChI=1S/C21H26BrN5O3/c1-12-17(22)11-27(24-12)15(4)21(28)23-20-13(2)25-26(14(20)3)10-16-7-8-18(29-5)19(9-16)30-6/h7-9,11,15H,10H2,1-6H3,(H,23,28). The molecule has 1 atom stereocenters. The Morgan fingerprint density at radius 3 is 2.43 bits per heavy atom. The second-order valence-corrected chi connectivity index (χ2v) is 7.95. The van der Waals surface area contributed by atoms with Gasteiger partial charge in [0.2, 0.25) is 5.91 Å². The Bertz CT molecular complexity index is 1050. The van der Waals surface area contributed by atoms with Crippen LogP contribution < -0.4 is 14.8 Å². The first-order valence-corrected chi connectivity index (χ1v) is 10.3. The lowest BCUT2D eigenvalue weighted by atomic mass is 10.2. The molecule has 9 heteroatoms. The number of nitrogens with zero attached hydrogens (tertiary/aromatic N) is 4. The van der Waals surface area contributed by atoms with Crippen molar-refractivity contribution in [3.63, 3.8) is 0 Å². The topological polar surface area (TPSA) is 83.2 Å². The van der Waals surface area contributed by atoms with Gasteiger partial charge in [-0.05, 0) is 61.3 Å². The first-order valence-electron chi connectivity index (χ1n) is 9.52. The highest BCUT2D eigenvalue weighted by atomic mass is 79.9. The molecule has 1 aromatic carbocycles. The molecular weight excluding hydrogens is 450 g/mol. The van der Waals surface area contributed by atoms with Crippen molar-refractivity contribution >= 4 is 27.5 Å². The zero-order chi connectivity index (χ0) is 22.0. The Morgan fingerprint density at radius 1 is 1.13 bits per heavy atom. The van der Waals surface area contributed by atoms with E-state index in [1.807, 2.05) is 50.6 Å². The summed E-state index contributed by atoms with van der Waals surface area (Å²) in [7, 11) is 3.22. The van der Waals surface area contributed by atoms with Crippen LogP contribution >= 0.6 is 15.9 Å². The number of rotatable bonds is 7. The van der Waals surface area contributed by atoms with E-state index in [1.54, 1.807) is 25.1 Å². The van der Waals surface area contributed by atoms with Crippen molar-refractivity contribution < 1.29 is 14.3 Å². The summed E-state index contributed by atoms with van der Waals surface area (Å²) in [6, 6.07) is 5.31. The van der Waals surface area contributed by atoms with Crippen molar-refractivity contribution in [2.24, 2.45) is 0 Å². The molecule has 1 N–H and O–H groups in total. The second kappa shape index (κ2) is 8.91. The minimum atomic E-state index is -0.456. The molecule has 0 aliphatic heterocycles. The summed E-state index contributed by atoms with van der Waals surface area (Å²) in [6.07, 6.45) is 1.81. The Balaban J connectivity index is 1.79. The van der Waals surface area contributed by atoms with E-state index in [0.29, 0.717) is 18.0 Å². The second-order valence-electron chi connectivity index (χ2n) is 7.10. The maximum absolute atomic E-state index is 12.8. The molecule has 8 nitrogen and oxygen atoms in total. The van der Waals surface area contributed by atoms with Crippen molar-refractivity contribution in [2.75, 3.05) is 19.5 Å². The minimum absolute atomic E-state index is 0.151. The maximum atomic E-state index is 12.8. The number of amides is 1. The molecule has 0 spiro atoms. The highest BCUT2D eigenvalue weighted by Crippen LogP contribution is 2.29. The largest absolute Gasteiger partial charge is 0.493 e. The highest BCUT2D eigenvalue weighted by molar-refractivity contribution is 9.10. The fourth-order valence-corrected chi connectivity index (χ4v) is 3.48. The van der Waals surface area contributed by atoms with Gasteiger partial charge in [0.15, 0.2) is 11.5 Å². The molecule has 0 aliphatic carbocycles. The van der Waals surface area contributed by atoms with Gasteiger partial charge in [0, 0.05) is 6.20 Å². The monoisotopic (exact) mass is 475 g/mol. The molecule has 0 saturated heterocycles. The van der Waals surface area contributed by atoms with Crippen LogP contribution in [0.5, 0.6) is 11.5 Å². The van der Waals surface area contributed by atoms with Crippen LogP contribution in [0.3, 0.4) is 0 Å². The third-order valence-corrected chi connectivity index (χ3v) is 5.82. The van der Waals surface area contributed by atoms with Crippen LogP contribution in [0.1, 0.15) is 35.6 Å². The van der Waals surface area contributed by atoms with Gasteiger partial charge in [0.1, 0.15) is 6.04 Å². The Labute approximate surface area is 184 Å². The highest BCUT2D eigenvalue weighted by Gasteiger charge is 2.21. The van der Waals surface area contributed by atoms with E-state index < -0.39 is 6.04 Å². The Kier molecular flexibility index (Phi) is 6.50. The molecule has 0 fully saturated rings. The van der Waals surface area contributed by atoms with Gasteiger partial charge in [-0.1, -0.05) is 6.07 Å². The van der Waals surface area contributed by atoms with Gasteiger partial charge in [-0.15, -0.1) is 0 Å². The third kappa shape index (κ3) is 4.35. The minimum Gasteiger partial charge on any atom is -0.493 e. The summed E-state index contributed by atoms with van der Waals surface area (Å²) in [5, 5.41) is 12.0. The first-order chi connectivity index (χ1) is 14.2. The average Bonchev–Trinajstić information content (AvgIpc) is 3.20.